The number of carbonyl (C=O) groups is 3. The van der Waals surface area contributed by atoms with E-state index in [9.17, 15) is 70.6 Å². The van der Waals surface area contributed by atoms with Crippen LogP contribution in [0, 0.1) is 29.6 Å². The van der Waals surface area contributed by atoms with E-state index >= 15 is 0 Å². The maximum absolute atomic E-state index is 13.2. The SMILES string of the molecule is CC1=CC=CC(C)C(C(C)CCC/C=C/CCCN=C(N)N)OC(=O)C=CC=CC(C)C(O)CC(O)C(C)C(O)CCC(C)C(O)CC2(O)OC(CC(OC(=O)CC(=O)O)CC(O)CC(O)CC1O)CC(O)C2O. The number of unbranched alkanes of at least 4 members (excludes halogenated alkanes) is 2. The molecule has 0 saturated carbocycles. The van der Waals surface area contributed by atoms with Crippen molar-refractivity contribution in [2.45, 2.75) is 217 Å². The van der Waals surface area contributed by atoms with E-state index in [0.29, 0.717) is 12.1 Å². The van der Waals surface area contributed by atoms with E-state index in [4.69, 9.17) is 25.7 Å². The fourth-order valence-electron chi connectivity index (χ4n) is 9.23. The highest BCUT2D eigenvalue weighted by atomic mass is 16.7. The topological polar surface area (TPSA) is 366 Å². The number of hydrogen-bond acceptors (Lipinski definition) is 17. The van der Waals surface area contributed by atoms with Crippen LogP contribution in [0.1, 0.15) is 138 Å². The summed E-state index contributed by atoms with van der Waals surface area (Å²) >= 11 is 0. The molecule has 0 amide bonds. The second-order valence-electron chi connectivity index (χ2n) is 20.9. The van der Waals surface area contributed by atoms with Gasteiger partial charge in [-0.3, -0.25) is 14.6 Å². The smallest absolute Gasteiger partial charge is 0.331 e. The van der Waals surface area contributed by atoms with Gasteiger partial charge in [0.2, 0.25) is 0 Å². The van der Waals surface area contributed by atoms with E-state index in [1.165, 1.54) is 12.2 Å². The van der Waals surface area contributed by atoms with Crippen LogP contribution in [0.2, 0.25) is 0 Å². The van der Waals surface area contributed by atoms with Crippen molar-refractivity contribution in [3.8, 4) is 0 Å². The molecule has 74 heavy (non-hydrogen) atoms. The Kier molecular flexibility index (Phi) is 30.2. The maximum atomic E-state index is 13.2. The third-order valence-corrected chi connectivity index (χ3v) is 14.2. The molecule has 0 spiro atoms. The number of guanidine groups is 1. The molecule has 0 aromatic heterocycles. The van der Waals surface area contributed by atoms with Crippen molar-refractivity contribution in [2.75, 3.05) is 6.54 Å². The van der Waals surface area contributed by atoms with Gasteiger partial charge in [0.25, 0.3) is 0 Å². The van der Waals surface area contributed by atoms with Gasteiger partial charge in [0, 0.05) is 68.9 Å². The molecular weight excluding hydrogens is 963 g/mol. The molecular formula is C54H91N3O17. The molecule has 2 rings (SSSR count). The van der Waals surface area contributed by atoms with Crippen LogP contribution in [0.5, 0.6) is 0 Å². The van der Waals surface area contributed by atoms with Gasteiger partial charge in [-0.2, -0.15) is 0 Å². The number of aliphatic imine (C=N–C) groups is 1. The number of aliphatic hydroxyl groups is 10. The van der Waals surface area contributed by atoms with Gasteiger partial charge < -0.3 is 81.8 Å². The lowest BCUT2D eigenvalue weighted by Crippen LogP contribution is -2.60. The number of carbonyl (C=O) groups excluding carboxylic acids is 2. The average molecular weight is 1050 g/mol. The molecule has 2 heterocycles. The van der Waals surface area contributed by atoms with E-state index in [-0.39, 0.29) is 69.2 Å². The van der Waals surface area contributed by atoms with Crippen molar-refractivity contribution in [2.24, 2.45) is 46.0 Å². The molecule has 1 saturated heterocycles. The van der Waals surface area contributed by atoms with Crippen molar-refractivity contribution in [3.63, 3.8) is 0 Å². The molecule has 0 aromatic carbocycles. The summed E-state index contributed by atoms with van der Waals surface area (Å²) in [5, 5.41) is 120. The summed E-state index contributed by atoms with van der Waals surface area (Å²) in [7, 11) is 0. The summed E-state index contributed by atoms with van der Waals surface area (Å²) in [6, 6.07) is 0. The Morgan fingerprint density at radius 2 is 1.45 bits per heavy atom. The van der Waals surface area contributed by atoms with Crippen LogP contribution in [0.25, 0.3) is 0 Å². The van der Waals surface area contributed by atoms with Crippen LogP contribution in [0.4, 0.5) is 0 Å². The Balaban J connectivity index is 2.41. The first-order chi connectivity index (χ1) is 34.7. The Morgan fingerprint density at radius 3 is 2.11 bits per heavy atom. The first-order valence-electron chi connectivity index (χ1n) is 26.3. The van der Waals surface area contributed by atoms with Gasteiger partial charge in [0.15, 0.2) is 11.7 Å². The first-order valence-corrected chi connectivity index (χ1v) is 26.3. The number of nitrogens with zero attached hydrogens (tertiary/aromatic N) is 1. The molecule has 0 aromatic rings. The minimum absolute atomic E-state index is 0.0617. The molecule has 2 bridgehead atoms. The van der Waals surface area contributed by atoms with Crippen LogP contribution < -0.4 is 11.5 Å². The van der Waals surface area contributed by atoms with Crippen molar-refractivity contribution < 1.29 is 84.8 Å². The number of cyclic esters (lactones) is 1. The van der Waals surface area contributed by atoms with Crippen LogP contribution >= 0.6 is 0 Å². The van der Waals surface area contributed by atoms with E-state index in [2.05, 4.69) is 17.1 Å². The zero-order valence-electron chi connectivity index (χ0n) is 44.3. The molecule has 424 valence electrons. The summed E-state index contributed by atoms with van der Waals surface area (Å²) in [6.45, 7) is 11.1. The number of carboxylic acids is 1. The summed E-state index contributed by atoms with van der Waals surface area (Å²) in [4.78, 5) is 41.1. The van der Waals surface area contributed by atoms with Crippen molar-refractivity contribution in [1.29, 1.82) is 0 Å². The second-order valence-corrected chi connectivity index (χ2v) is 20.9. The van der Waals surface area contributed by atoms with Crippen LogP contribution in [0.3, 0.4) is 0 Å². The van der Waals surface area contributed by atoms with E-state index in [0.717, 1.165) is 32.1 Å². The Hall–Kier alpha value is -4.06. The second kappa shape index (κ2) is 33.9. The maximum Gasteiger partial charge on any atom is 0.331 e. The van der Waals surface area contributed by atoms with Crippen LogP contribution in [0.15, 0.2) is 65.2 Å². The van der Waals surface area contributed by atoms with Crippen LogP contribution in [-0.2, 0) is 28.6 Å². The fraction of sp³-hybridized carbons (Fsp3) is 0.741. The van der Waals surface area contributed by atoms with Crippen molar-refractivity contribution in [1.82, 2.24) is 0 Å². The normalized spacial score (nSPS) is 35.9. The molecule has 0 aliphatic carbocycles. The zero-order valence-corrected chi connectivity index (χ0v) is 44.3. The molecule has 1 fully saturated rings. The number of fused-ring (bicyclic) bond motifs is 2. The average Bonchev–Trinajstić information content (AvgIpc) is 3.30. The summed E-state index contributed by atoms with van der Waals surface area (Å²) in [5.41, 5.74) is 11.3. The molecule has 2 aliphatic heterocycles. The highest BCUT2D eigenvalue weighted by molar-refractivity contribution is 5.90. The first kappa shape index (κ1) is 66.1. The number of esters is 2. The van der Waals surface area contributed by atoms with Crippen molar-refractivity contribution in [3.05, 3.63) is 60.3 Å². The number of nitrogens with two attached hydrogens (primary N) is 2. The van der Waals surface area contributed by atoms with Gasteiger partial charge in [-0.1, -0.05) is 83.2 Å². The van der Waals surface area contributed by atoms with Gasteiger partial charge in [-0.25, -0.2) is 4.79 Å². The highest BCUT2D eigenvalue weighted by Crippen LogP contribution is 2.36. The molecule has 20 heteroatoms. The summed E-state index contributed by atoms with van der Waals surface area (Å²) < 4.78 is 17.3. The predicted molar refractivity (Wildman–Crippen MR) is 277 cm³/mol. The molecule has 0 radical (unpaired) electrons. The highest BCUT2D eigenvalue weighted by Gasteiger charge is 2.50. The van der Waals surface area contributed by atoms with Gasteiger partial charge >= 0.3 is 17.9 Å². The number of rotatable bonds is 12. The monoisotopic (exact) mass is 1050 g/mol. The number of aliphatic hydroxyl groups excluding tert-OH is 9. The molecule has 18 unspecified atom stereocenters. The largest absolute Gasteiger partial charge is 0.481 e. The minimum Gasteiger partial charge on any atom is -0.481 e. The van der Waals surface area contributed by atoms with Gasteiger partial charge in [0.05, 0.1) is 54.9 Å². The number of allylic oxidation sites excluding steroid dienone is 6. The predicted octanol–water partition coefficient (Wildman–Crippen LogP) is 2.72. The lowest BCUT2D eigenvalue weighted by Gasteiger charge is -2.45. The molecule has 18 atom stereocenters. The van der Waals surface area contributed by atoms with E-state index in [1.54, 1.807) is 52.0 Å². The van der Waals surface area contributed by atoms with E-state index in [1.807, 2.05) is 19.9 Å². The molecule has 20 nitrogen and oxygen atoms in total. The molecule has 15 N–H and O–H groups in total. The molecule has 2 aliphatic rings. The summed E-state index contributed by atoms with van der Waals surface area (Å²) in [5.74, 6) is -7.80. The van der Waals surface area contributed by atoms with E-state index < -0.39 is 128 Å². The lowest BCUT2D eigenvalue weighted by atomic mass is 9.84. The number of hydrogen-bond donors (Lipinski definition) is 13. The quantitative estimate of drug-likeness (QED) is 0.0334. The third-order valence-electron chi connectivity index (χ3n) is 14.2. The Labute approximate surface area is 437 Å². The standard InChI is InChI=1S/C54H91N3O17/c1-32-16-12-13-20-49(68)73-51(35(4)17-11-9-7-8-10-14-23-57-53(55)56)36(5)19-15-18-33(2)43(61)26-39(59)24-38(58)25-40(72-50(69)30-48(66)67)27-41-28-46(64)52(70)54(71,74-41)31-47(65)34(3)21-22-42(60)37(6)45(63)29-44(32)62/h7-8,12-13,15-16,18-20,32,34-47,51-52,58-65,70-71H,9-11,14,17,21-31H2,1-6H3,(H,66,67)(H4,55,56,57)/b8-7+,16-12?,19-15?,20-13?,33-18?. The number of carboxylic acid groups (broad SMARTS) is 1. The minimum atomic E-state index is -2.52. The van der Waals surface area contributed by atoms with Gasteiger partial charge in [-0.05, 0) is 75.7 Å². The fourth-order valence-corrected chi connectivity index (χ4v) is 9.23. The number of ether oxygens (including phenoxy) is 3. The van der Waals surface area contributed by atoms with Crippen molar-refractivity contribution >= 4 is 23.9 Å². The Morgan fingerprint density at radius 1 is 0.797 bits per heavy atom. The lowest BCUT2D eigenvalue weighted by molar-refractivity contribution is -0.333. The van der Waals surface area contributed by atoms with Gasteiger partial charge in [0.1, 0.15) is 24.7 Å². The zero-order chi connectivity index (χ0) is 55.7. The summed E-state index contributed by atoms with van der Waals surface area (Å²) in [6.07, 6.45) is 1.87. The Bertz CT molecular complexity index is 1860. The number of aliphatic carboxylic acids is 1. The van der Waals surface area contributed by atoms with Gasteiger partial charge in [-0.15, -0.1) is 0 Å². The van der Waals surface area contributed by atoms with Crippen LogP contribution in [-0.4, -0.2) is 166 Å². The third kappa shape index (κ3) is 25.2.